The Morgan fingerprint density at radius 2 is 2.11 bits per heavy atom. The van der Waals surface area contributed by atoms with Crippen LogP contribution in [0.5, 0.6) is 0 Å². The van der Waals surface area contributed by atoms with E-state index in [1.807, 2.05) is 37.3 Å². The van der Waals surface area contributed by atoms with E-state index in [1.54, 1.807) is 14.0 Å². The second kappa shape index (κ2) is 8.79. The zero-order chi connectivity index (χ0) is 19.2. The van der Waals surface area contributed by atoms with Crippen LogP contribution in [0.15, 0.2) is 39.7 Å². The second-order valence-electron chi connectivity index (χ2n) is 6.81. The zero-order valence-electron chi connectivity index (χ0n) is 16.1. The second-order valence-corrected chi connectivity index (χ2v) is 6.81. The Morgan fingerprint density at radius 1 is 1.33 bits per heavy atom. The summed E-state index contributed by atoms with van der Waals surface area (Å²) in [6, 6.07) is 9.97. The topological polar surface area (TPSA) is 87.9 Å². The fourth-order valence-electron chi connectivity index (χ4n) is 3.05. The predicted molar refractivity (Wildman–Crippen MR) is 106 cm³/mol. The van der Waals surface area contributed by atoms with E-state index in [0.717, 1.165) is 29.6 Å². The monoisotopic (exact) mass is 372 g/mol. The minimum Gasteiger partial charge on any atom is -0.459 e. The molecule has 7 nitrogen and oxygen atoms in total. The van der Waals surface area contributed by atoms with Crippen molar-refractivity contribution in [1.82, 2.24) is 16.0 Å². The first-order chi connectivity index (χ1) is 13.1. The number of fused-ring (bicyclic) bond motifs is 1. The Bertz CT molecular complexity index is 764. The van der Waals surface area contributed by atoms with E-state index in [4.69, 9.17) is 9.15 Å². The molecule has 1 aliphatic carbocycles. The van der Waals surface area contributed by atoms with Crippen LogP contribution in [0.25, 0.3) is 11.0 Å². The van der Waals surface area contributed by atoms with Gasteiger partial charge in [0.05, 0.1) is 18.7 Å². The third-order valence-electron chi connectivity index (χ3n) is 4.71. The Kier molecular flexibility index (Phi) is 6.21. The van der Waals surface area contributed by atoms with Crippen LogP contribution in [0.3, 0.4) is 0 Å². The fraction of sp³-hybridized carbons (Fsp3) is 0.500. The van der Waals surface area contributed by atoms with Crippen molar-refractivity contribution in [2.24, 2.45) is 10.9 Å². The van der Waals surface area contributed by atoms with Crippen molar-refractivity contribution >= 4 is 23.0 Å². The van der Waals surface area contributed by atoms with Gasteiger partial charge in [0.15, 0.2) is 5.96 Å². The summed E-state index contributed by atoms with van der Waals surface area (Å²) in [6.07, 6.45) is 1.88. The number of nitrogens with one attached hydrogen (secondary N) is 3. The van der Waals surface area contributed by atoms with Gasteiger partial charge >= 0.3 is 6.09 Å². The number of aliphatic imine (C=N–C) groups is 1. The number of furan rings is 1. The fourth-order valence-corrected chi connectivity index (χ4v) is 3.05. The molecule has 1 aliphatic rings. The highest BCUT2D eigenvalue weighted by atomic mass is 16.5. The first-order valence-electron chi connectivity index (χ1n) is 9.49. The predicted octanol–water partition coefficient (Wildman–Crippen LogP) is 3.18. The van der Waals surface area contributed by atoms with E-state index in [9.17, 15) is 4.79 Å². The van der Waals surface area contributed by atoms with E-state index >= 15 is 0 Å². The molecular weight excluding hydrogens is 344 g/mol. The Balaban J connectivity index is 1.55. The molecule has 1 aromatic heterocycles. The van der Waals surface area contributed by atoms with Crippen molar-refractivity contribution < 1.29 is 13.9 Å². The maximum Gasteiger partial charge on any atom is 0.407 e. The molecule has 1 saturated carbocycles. The average molecular weight is 372 g/mol. The summed E-state index contributed by atoms with van der Waals surface area (Å²) >= 11 is 0. The first kappa shape index (κ1) is 19.1. The van der Waals surface area contributed by atoms with Gasteiger partial charge in [0.1, 0.15) is 11.3 Å². The summed E-state index contributed by atoms with van der Waals surface area (Å²) in [5.41, 5.74) is 0.872. The van der Waals surface area contributed by atoms with Crippen molar-refractivity contribution in [3.05, 3.63) is 36.1 Å². The average Bonchev–Trinajstić information content (AvgIpc) is 3.41. The van der Waals surface area contributed by atoms with E-state index in [0.29, 0.717) is 25.0 Å². The number of nitrogens with zero attached hydrogens (tertiary/aromatic N) is 1. The minimum absolute atomic E-state index is 0.0316. The molecule has 0 radical (unpaired) electrons. The zero-order valence-corrected chi connectivity index (χ0v) is 16.1. The Hall–Kier alpha value is -2.70. The quantitative estimate of drug-likeness (QED) is 0.513. The summed E-state index contributed by atoms with van der Waals surface area (Å²) in [6.45, 7) is 4.79. The molecule has 1 amide bonds. The summed E-state index contributed by atoms with van der Waals surface area (Å²) < 4.78 is 10.9. The Morgan fingerprint density at radius 3 is 2.78 bits per heavy atom. The van der Waals surface area contributed by atoms with Crippen LogP contribution in [-0.4, -0.2) is 38.3 Å². The number of amides is 1. The van der Waals surface area contributed by atoms with E-state index in [-0.39, 0.29) is 18.2 Å². The van der Waals surface area contributed by atoms with Crippen LogP contribution >= 0.6 is 0 Å². The molecule has 1 aromatic carbocycles. The molecule has 27 heavy (non-hydrogen) atoms. The van der Waals surface area contributed by atoms with E-state index < -0.39 is 0 Å². The molecular formula is C20H28N4O3. The van der Waals surface area contributed by atoms with Gasteiger partial charge in [-0.05, 0) is 44.7 Å². The molecule has 3 N–H and O–H groups in total. The molecule has 146 valence electrons. The number of ether oxygens (including phenoxy) is 1. The van der Waals surface area contributed by atoms with Gasteiger partial charge in [0, 0.05) is 19.0 Å². The van der Waals surface area contributed by atoms with E-state index in [1.165, 1.54) is 0 Å². The van der Waals surface area contributed by atoms with Crippen molar-refractivity contribution in [2.75, 3.05) is 20.2 Å². The lowest BCUT2D eigenvalue weighted by Gasteiger charge is -2.21. The number of benzene rings is 1. The molecule has 2 aromatic rings. The van der Waals surface area contributed by atoms with Crippen LogP contribution in [-0.2, 0) is 4.74 Å². The van der Waals surface area contributed by atoms with Crippen LogP contribution in [0.4, 0.5) is 4.79 Å². The van der Waals surface area contributed by atoms with Crippen molar-refractivity contribution in [3.8, 4) is 0 Å². The van der Waals surface area contributed by atoms with Gasteiger partial charge in [-0.15, -0.1) is 0 Å². The molecule has 1 heterocycles. The highest BCUT2D eigenvalue weighted by molar-refractivity contribution is 5.81. The molecule has 3 rings (SSSR count). The molecule has 0 aliphatic heterocycles. The van der Waals surface area contributed by atoms with E-state index in [2.05, 4.69) is 20.9 Å². The summed E-state index contributed by atoms with van der Waals surface area (Å²) in [5.74, 6) is 2.01. The summed E-state index contributed by atoms with van der Waals surface area (Å²) in [5, 5.41) is 10.7. The molecule has 0 spiro atoms. The molecule has 2 atom stereocenters. The molecule has 1 fully saturated rings. The third kappa shape index (κ3) is 5.15. The number of alkyl carbamates (subject to hydrolysis) is 1. The van der Waals surface area contributed by atoms with Crippen LogP contribution < -0.4 is 16.0 Å². The smallest absolute Gasteiger partial charge is 0.407 e. The van der Waals surface area contributed by atoms with Crippen molar-refractivity contribution in [3.63, 3.8) is 0 Å². The number of para-hydroxylation sites is 1. The number of carbonyl (C=O) groups excluding carboxylic acids is 1. The maximum atomic E-state index is 11.7. The van der Waals surface area contributed by atoms with Gasteiger partial charge < -0.3 is 25.1 Å². The first-order valence-corrected chi connectivity index (χ1v) is 9.49. The Labute approximate surface area is 159 Å². The van der Waals surface area contributed by atoms with Crippen LogP contribution in [0, 0.1) is 5.92 Å². The molecule has 7 heteroatoms. The SMILES string of the molecule is CCOC(=O)NC(CNC(=NC)NC(C)c1cc2ccccc2o1)C1CC1. The van der Waals surface area contributed by atoms with Crippen LogP contribution in [0.1, 0.15) is 38.5 Å². The molecule has 2 unspecified atom stereocenters. The summed E-state index contributed by atoms with van der Waals surface area (Å²) in [7, 11) is 1.73. The number of rotatable bonds is 7. The number of carbonyl (C=O) groups is 1. The van der Waals surface area contributed by atoms with Gasteiger partial charge in [-0.3, -0.25) is 4.99 Å². The number of hydrogen-bond acceptors (Lipinski definition) is 4. The molecule has 0 saturated heterocycles. The minimum atomic E-state index is -0.366. The highest BCUT2D eigenvalue weighted by Crippen LogP contribution is 2.32. The van der Waals surface area contributed by atoms with Crippen molar-refractivity contribution in [2.45, 2.75) is 38.8 Å². The highest BCUT2D eigenvalue weighted by Gasteiger charge is 2.32. The maximum absolute atomic E-state index is 11.7. The van der Waals surface area contributed by atoms with Gasteiger partial charge in [0.2, 0.25) is 0 Å². The van der Waals surface area contributed by atoms with Gasteiger partial charge in [-0.25, -0.2) is 4.79 Å². The standard InChI is InChI=1S/C20H28N4O3/c1-4-26-20(25)24-16(14-9-10-14)12-22-19(21-3)23-13(2)18-11-15-7-5-6-8-17(15)27-18/h5-8,11,13-14,16H,4,9-10,12H2,1-3H3,(H,24,25)(H2,21,22,23). The number of guanidine groups is 1. The normalized spacial score (nSPS) is 16.6. The largest absolute Gasteiger partial charge is 0.459 e. The van der Waals surface area contributed by atoms with Gasteiger partial charge in [-0.1, -0.05) is 18.2 Å². The lowest BCUT2D eigenvalue weighted by Crippen LogP contribution is -2.48. The van der Waals surface area contributed by atoms with Crippen LogP contribution in [0.2, 0.25) is 0 Å². The lowest BCUT2D eigenvalue weighted by molar-refractivity contribution is 0.146. The van der Waals surface area contributed by atoms with Gasteiger partial charge in [-0.2, -0.15) is 0 Å². The molecule has 0 bridgehead atoms. The van der Waals surface area contributed by atoms with Crippen molar-refractivity contribution in [1.29, 1.82) is 0 Å². The van der Waals surface area contributed by atoms with Gasteiger partial charge in [0.25, 0.3) is 0 Å². The summed E-state index contributed by atoms with van der Waals surface area (Å²) in [4.78, 5) is 16.0. The third-order valence-corrected chi connectivity index (χ3v) is 4.71. The number of hydrogen-bond donors (Lipinski definition) is 3. The lowest BCUT2D eigenvalue weighted by atomic mass is 10.2.